The van der Waals surface area contributed by atoms with E-state index in [2.05, 4.69) is 11.0 Å². The Hall–Kier alpha value is -1.26. The number of ether oxygens (including phenoxy) is 2. The molecule has 1 saturated heterocycles. The molecule has 0 bridgehead atoms. The Labute approximate surface area is 120 Å². The molecule has 2 heterocycles. The van der Waals surface area contributed by atoms with Crippen LogP contribution in [-0.2, 0) is 5.54 Å². The SMILES string of the molecule is COc1cccc2c1OCCC2(CN)N1CCCCC1. The highest BCUT2D eigenvalue weighted by Crippen LogP contribution is 2.45. The summed E-state index contributed by atoms with van der Waals surface area (Å²) in [4.78, 5) is 2.57. The van der Waals surface area contributed by atoms with Gasteiger partial charge in [-0.2, -0.15) is 0 Å². The van der Waals surface area contributed by atoms with Gasteiger partial charge in [0.1, 0.15) is 0 Å². The summed E-state index contributed by atoms with van der Waals surface area (Å²) in [6.07, 6.45) is 4.83. The van der Waals surface area contributed by atoms with Crippen LogP contribution in [0.4, 0.5) is 0 Å². The second kappa shape index (κ2) is 5.62. The molecule has 2 aliphatic rings. The number of nitrogens with zero attached hydrogens (tertiary/aromatic N) is 1. The molecule has 0 radical (unpaired) electrons. The number of methoxy groups -OCH3 is 1. The fourth-order valence-electron chi connectivity index (χ4n) is 3.64. The molecule has 2 N–H and O–H groups in total. The Morgan fingerprint density at radius 3 is 2.80 bits per heavy atom. The Balaban J connectivity index is 2.05. The minimum Gasteiger partial charge on any atom is -0.493 e. The standard InChI is InChI=1S/C16H24N2O2/c1-19-14-7-5-6-13-15(14)20-11-8-16(13,12-17)18-9-3-2-4-10-18/h5-7H,2-4,8-12,17H2,1H3. The molecular formula is C16H24N2O2. The van der Waals surface area contributed by atoms with E-state index in [4.69, 9.17) is 15.2 Å². The third-order valence-corrected chi connectivity index (χ3v) is 4.76. The van der Waals surface area contributed by atoms with Crippen LogP contribution in [0.1, 0.15) is 31.2 Å². The predicted molar refractivity (Wildman–Crippen MR) is 79.3 cm³/mol. The highest BCUT2D eigenvalue weighted by molar-refractivity contribution is 5.51. The molecule has 0 aromatic heterocycles. The molecule has 1 atom stereocenters. The van der Waals surface area contributed by atoms with Crippen LogP contribution in [0.2, 0.25) is 0 Å². The highest BCUT2D eigenvalue weighted by Gasteiger charge is 2.43. The van der Waals surface area contributed by atoms with E-state index in [1.165, 1.54) is 24.8 Å². The zero-order valence-corrected chi connectivity index (χ0v) is 12.2. The van der Waals surface area contributed by atoms with Crippen LogP contribution in [0.25, 0.3) is 0 Å². The van der Waals surface area contributed by atoms with Crippen molar-refractivity contribution in [2.75, 3.05) is 33.4 Å². The van der Waals surface area contributed by atoms with E-state index in [0.29, 0.717) is 13.2 Å². The fourth-order valence-corrected chi connectivity index (χ4v) is 3.64. The van der Waals surface area contributed by atoms with Crippen molar-refractivity contribution in [3.05, 3.63) is 23.8 Å². The van der Waals surface area contributed by atoms with E-state index in [9.17, 15) is 0 Å². The van der Waals surface area contributed by atoms with Crippen LogP contribution in [0.5, 0.6) is 11.5 Å². The quantitative estimate of drug-likeness (QED) is 0.918. The molecule has 4 heteroatoms. The van der Waals surface area contributed by atoms with Gasteiger partial charge in [-0.3, -0.25) is 4.90 Å². The first kappa shape index (κ1) is 13.7. The maximum absolute atomic E-state index is 6.24. The van der Waals surface area contributed by atoms with Gasteiger partial charge in [0, 0.05) is 18.5 Å². The van der Waals surface area contributed by atoms with Crippen LogP contribution in [0.15, 0.2) is 18.2 Å². The Bertz CT molecular complexity index is 472. The zero-order chi connectivity index (χ0) is 14.0. The lowest BCUT2D eigenvalue weighted by atomic mass is 9.81. The summed E-state index contributed by atoms with van der Waals surface area (Å²) in [7, 11) is 1.69. The largest absolute Gasteiger partial charge is 0.493 e. The van der Waals surface area contributed by atoms with E-state index in [-0.39, 0.29) is 5.54 Å². The van der Waals surface area contributed by atoms with Crippen molar-refractivity contribution in [1.29, 1.82) is 0 Å². The highest BCUT2D eigenvalue weighted by atomic mass is 16.5. The number of para-hydroxylation sites is 1. The zero-order valence-electron chi connectivity index (χ0n) is 12.2. The molecule has 110 valence electrons. The molecule has 1 fully saturated rings. The van der Waals surface area contributed by atoms with E-state index >= 15 is 0 Å². The number of piperidine rings is 1. The molecule has 1 aromatic rings. The van der Waals surface area contributed by atoms with Crippen LogP contribution in [0, 0.1) is 0 Å². The van der Waals surface area contributed by atoms with E-state index < -0.39 is 0 Å². The minimum atomic E-state index is -0.0808. The average Bonchev–Trinajstić information content (AvgIpc) is 2.54. The van der Waals surface area contributed by atoms with Gasteiger partial charge in [0.25, 0.3) is 0 Å². The topological polar surface area (TPSA) is 47.7 Å². The molecule has 1 aromatic carbocycles. The van der Waals surface area contributed by atoms with Gasteiger partial charge in [-0.05, 0) is 32.0 Å². The molecule has 0 amide bonds. The molecule has 20 heavy (non-hydrogen) atoms. The van der Waals surface area contributed by atoms with Crippen molar-refractivity contribution in [1.82, 2.24) is 4.90 Å². The Morgan fingerprint density at radius 2 is 2.10 bits per heavy atom. The van der Waals surface area contributed by atoms with Crippen LogP contribution in [-0.4, -0.2) is 38.3 Å². The van der Waals surface area contributed by atoms with Crippen molar-refractivity contribution in [3.8, 4) is 11.5 Å². The molecule has 0 aliphatic carbocycles. The number of hydrogen-bond acceptors (Lipinski definition) is 4. The molecule has 1 unspecified atom stereocenters. The average molecular weight is 276 g/mol. The summed E-state index contributed by atoms with van der Waals surface area (Å²) in [6, 6.07) is 6.15. The van der Waals surface area contributed by atoms with Gasteiger partial charge in [0.2, 0.25) is 0 Å². The first-order chi connectivity index (χ1) is 9.81. The first-order valence-corrected chi connectivity index (χ1v) is 7.57. The molecule has 4 nitrogen and oxygen atoms in total. The van der Waals surface area contributed by atoms with E-state index in [1.807, 2.05) is 12.1 Å². The van der Waals surface area contributed by atoms with Gasteiger partial charge in [0.05, 0.1) is 19.3 Å². The van der Waals surface area contributed by atoms with E-state index in [0.717, 1.165) is 31.0 Å². The fraction of sp³-hybridized carbons (Fsp3) is 0.625. The summed E-state index contributed by atoms with van der Waals surface area (Å²) in [5.74, 6) is 1.70. The van der Waals surface area contributed by atoms with Gasteiger partial charge in [-0.25, -0.2) is 0 Å². The number of hydrogen-bond donors (Lipinski definition) is 1. The third kappa shape index (κ3) is 2.07. The van der Waals surface area contributed by atoms with Crippen LogP contribution in [0.3, 0.4) is 0 Å². The molecule has 0 saturated carbocycles. The normalized spacial score (nSPS) is 26.7. The Kier molecular flexibility index (Phi) is 3.85. The predicted octanol–water partition coefficient (Wildman–Crippen LogP) is 2.12. The number of benzene rings is 1. The first-order valence-electron chi connectivity index (χ1n) is 7.57. The molecule has 3 rings (SSSR count). The summed E-state index contributed by atoms with van der Waals surface area (Å²) in [5, 5.41) is 0. The minimum absolute atomic E-state index is 0.0808. The van der Waals surface area contributed by atoms with Gasteiger partial charge in [-0.15, -0.1) is 0 Å². The van der Waals surface area contributed by atoms with Gasteiger partial charge in [0.15, 0.2) is 11.5 Å². The molecular weight excluding hydrogens is 252 g/mol. The van der Waals surface area contributed by atoms with Gasteiger partial charge in [-0.1, -0.05) is 18.6 Å². The lowest BCUT2D eigenvalue weighted by Gasteiger charge is -2.48. The number of fused-ring (bicyclic) bond motifs is 1. The lowest BCUT2D eigenvalue weighted by Crippen LogP contribution is -2.55. The lowest BCUT2D eigenvalue weighted by molar-refractivity contribution is 0.0322. The van der Waals surface area contributed by atoms with Crippen molar-refractivity contribution in [3.63, 3.8) is 0 Å². The summed E-state index contributed by atoms with van der Waals surface area (Å²) >= 11 is 0. The van der Waals surface area contributed by atoms with Crippen molar-refractivity contribution < 1.29 is 9.47 Å². The maximum Gasteiger partial charge on any atom is 0.166 e. The summed E-state index contributed by atoms with van der Waals surface area (Å²) < 4.78 is 11.3. The van der Waals surface area contributed by atoms with Gasteiger partial charge < -0.3 is 15.2 Å². The van der Waals surface area contributed by atoms with Crippen molar-refractivity contribution in [2.24, 2.45) is 5.73 Å². The molecule has 0 spiro atoms. The second-order valence-corrected chi connectivity index (χ2v) is 5.72. The monoisotopic (exact) mass is 276 g/mol. The summed E-state index contributed by atoms with van der Waals surface area (Å²) in [5.41, 5.74) is 7.36. The Morgan fingerprint density at radius 1 is 1.30 bits per heavy atom. The van der Waals surface area contributed by atoms with Gasteiger partial charge >= 0.3 is 0 Å². The second-order valence-electron chi connectivity index (χ2n) is 5.72. The number of likely N-dealkylation sites (tertiary alicyclic amines) is 1. The van der Waals surface area contributed by atoms with Crippen molar-refractivity contribution >= 4 is 0 Å². The van der Waals surface area contributed by atoms with Crippen LogP contribution < -0.4 is 15.2 Å². The smallest absolute Gasteiger partial charge is 0.166 e. The number of nitrogens with two attached hydrogens (primary N) is 1. The maximum atomic E-state index is 6.24. The summed E-state index contributed by atoms with van der Waals surface area (Å²) in [6.45, 7) is 3.61. The van der Waals surface area contributed by atoms with Crippen LogP contribution >= 0.6 is 0 Å². The number of rotatable bonds is 3. The van der Waals surface area contributed by atoms with Crippen molar-refractivity contribution in [2.45, 2.75) is 31.2 Å². The van der Waals surface area contributed by atoms with E-state index in [1.54, 1.807) is 7.11 Å². The molecule has 2 aliphatic heterocycles. The third-order valence-electron chi connectivity index (χ3n) is 4.76.